The lowest BCUT2D eigenvalue weighted by molar-refractivity contribution is 0.0484. The number of unbranched alkanes of at least 4 members (excludes halogenated alkanes) is 1. The predicted octanol–water partition coefficient (Wildman–Crippen LogP) is 2.86. The molecule has 2 aromatic rings. The number of carbonyl (C=O) groups is 1. The molecular weight excluding hydrogens is 446 g/mol. The van der Waals surface area contributed by atoms with Gasteiger partial charge in [0.2, 0.25) is 0 Å². The highest BCUT2D eigenvalue weighted by Gasteiger charge is 2.38. The van der Waals surface area contributed by atoms with Crippen LogP contribution in [-0.4, -0.2) is 58.9 Å². The van der Waals surface area contributed by atoms with Gasteiger partial charge in [0, 0.05) is 24.6 Å². The molecule has 0 radical (unpaired) electrons. The van der Waals surface area contributed by atoms with E-state index in [0.29, 0.717) is 18.8 Å². The third-order valence-electron chi connectivity index (χ3n) is 5.99. The van der Waals surface area contributed by atoms with Gasteiger partial charge in [-0.05, 0) is 51.1 Å². The summed E-state index contributed by atoms with van der Waals surface area (Å²) in [5.74, 6) is -0.992. The van der Waals surface area contributed by atoms with Crippen molar-refractivity contribution in [1.82, 2.24) is 5.32 Å². The van der Waals surface area contributed by atoms with Crippen molar-refractivity contribution in [2.45, 2.75) is 36.2 Å². The molecule has 0 spiro atoms. The van der Waals surface area contributed by atoms with Crippen LogP contribution < -0.4 is 20.1 Å². The Morgan fingerprint density at radius 1 is 1.12 bits per heavy atom. The normalized spacial score (nSPS) is 19.3. The Hall–Kier alpha value is -2.82. The van der Waals surface area contributed by atoms with Gasteiger partial charge in [0.15, 0.2) is 0 Å². The fraction of sp³-hybridized carbons (Fsp3) is 0.435. The monoisotopic (exact) mass is 475 g/mol. The minimum atomic E-state index is -4.06. The molecule has 0 amide bonds. The van der Waals surface area contributed by atoms with Crippen LogP contribution in [0, 0.1) is 0 Å². The van der Waals surface area contributed by atoms with Gasteiger partial charge in [-0.1, -0.05) is 18.2 Å². The Morgan fingerprint density at radius 3 is 2.70 bits per heavy atom. The van der Waals surface area contributed by atoms with Gasteiger partial charge in [0.1, 0.15) is 22.8 Å². The minimum absolute atomic E-state index is 0.0255. The molecule has 33 heavy (non-hydrogen) atoms. The van der Waals surface area contributed by atoms with E-state index in [4.69, 9.17) is 9.47 Å². The molecule has 10 heteroatoms. The summed E-state index contributed by atoms with van der Waals surface area (Å²) in [5.41, 5.74) is 1.00. The van der Waals surface area contributed by atoms with E-state index >= 15 is 0 Å². The Morgan fingerprint density at radius 2 is 1.91 bits per heavy atom. The number of fused-ring (bicyclic) bond motifs is 3. The van der Waals surface area contributed by atoms with Crippen molar-refractivity contribution < 1.29 is 27.8 Å². The average molecular weight is 476 g/mol. The zero-order chi connectivity index (χ0) is 23.4. The van der Waals surface area contributed by atoms with E-state index in [1.807, 2.05) is 7.05 Å². The molecule has 4 N–H and O–H groups in total. The number of carboxylic acid groups (broad SMARTS) is 1. The van der Waals surface area contributed by atoms with Gasteiger partial charge in [-0.15, -0.1) is 0 Å². The Balaban J connectivity index is 1.61. The molecule has 0 unspecified atom stereocenters. The highest BCUT2D eigenvalue weighted by atomic mass is 32.2. The van der Waals surface area contributed by atoms with Crippen LogP contribution in [0.1, 0.15) is 41.1 Å². The number of para-hydroxylation sites is 1. The number of sulfonamides is 1. The fourth-order valence-electron chi connectivity index (χ4n) is 4.37. The highest BCUT2D eigenvalue weighted by molar-refractivity contribution is 7.92. The van der Waals surface area contributed by atoms with Crippen LogP contribution in [0.3, 0.4) is 0 Å². The Bertz CT molecular complexity index is 1120. The summed E-state index contributed by atoms with van der Waals surface area (Å²) in [4.78, 5) is 12.2. The first-order chi connectivity index (χ1) is 15.9. The predicted molar refractivity (Wildman–Crippen MR) is 125 cm³/mol. The third kappa shape index (κ3) is 4.92. The molecule has 0 aromatic heterocycles. The van der Waals surface area contributed by atoms with Crippen LogP contribution >= 0.6 is 0 Å². The molecule has 2 aliphatic rings. The molecule has 2 heterocycles. The molecule has 2 aliphatic heterocycles. The largest absolute Gasteiger partial charge is 0.490 e. The Kier molecular flexibility index (Phi) is 7.06. The van der Waals surface area contributed by atoms with Gasteiger partial charge in [0.25, 0.3) is 10.0 Å². The van der Waals surface area contributed by atoms with E-state index in [2.05, 4.69) is 15.4 Å². The van der Waals surface area contributed by atoms with E-state index < -0.39 is 16.0 Å². The fourth-order valence-corrected chi connectivity index (χ4v) is 5.63. The van der Waals surface area contributed by atoms with Crippen LogP contribution in [-0.2, 0) is 14.8 Å². The van der Waals surface area contributed by atoms with Crippen molar-refractivity contribution in [2.24, 2.45) is 0 Å². The number of hydrogen-bond acceptors (Lipinski definition) is 7. The number of carboxylic acids is 1. The topological polar surface area (TPSA) is 126 Å². The van der Waals surface area contributed by atoms with Crippen molar-refractivity contribution >= 4 is 27.4 Å². The maximum atomic E-state index is 13.3. The van der Waals surface area contributed by atoms with E-state index in [0.717, 1.165) is 31.4 Å². The van der Waals surface area contributed by atoms with E-state index in [1.165, 1.54) is 12.1 Å². The number of hydrogen-bond donors (Lipinski definition) is 4. The maximum absolute atomic E-state index is 13.3. The van der Waals surface area contributed by atoms with Gasteiger partial charge < -0.3 is 25.2 Å². The number of rotatable bonds is 10. The average Bonchev–Trinajstić information content (AvgIpc) is 3.28. The number of nitrogens with one attached hydrogen (secondary N) is 3. The van der Waals surface area contributed by atoms with Crippen LogP contribution in [0.15, 0.2) is 41.3 Å². The molecule has 0 bridgehead atoms. The summed E-state index contributed by atoms with van der Waals surface area (Å²) in [6.45, 7) is 2.34. The first kappa shape index (κ1) is 23.3. The van der Waals surface area contributed by atoms with Crippen LogP contribution in [0.25, 0.3) is 0 Å². The summed E-state index contributed by atoms with van der Waals surface area (Å²) in [5, 5.41) is 16.2. The van der Waals surface area contributed by atoms with Crippen molar-refractivity contribution in [3.8, 4) is 5.75 Å². The Labute approximate surface area is 193 Å². The van der Waals surface area contributed by atoms with E-state index in [9.17, 15) is 18.3 Å². The molecule has 2 atom stereocenters. The number of anilines is 2. The SMILES string of the molecule is CNCCCCNc1ccccc1S(=O)(=O)Nc1ccc2c(c1C(=O)O)OC[C@H]1OCC[C@@H]21. The van der Waals surface area contributed by atoms with E-state index in [-0.39, 0.29) is 40.5 Å². The lowest BCUT2D eigenvalue weighted by Gasteiger charge is -2.29. The second-order valence-electron chi connectivity index (χ2n) is 8.17. The van der Waals surface area contributed by atoms with Gasteiger partial charge in [-0.3, -0.25) is 4.72 Å². The molecule has 0 aliphatic carbocycles. The summed E-state index contributed by atoms with van der Waals surface area (Å²) in [7, 11) is -2.17. The number of benzene rings is 2. The first-order valence-electron chi connectivity index (χ1n) is 11.1. The summed E-state index contributed by atoms with van der Waals surface area (Å²) < 4.78 is 40.4. The van der Waals surface area contributed by atoms with Crippen LogP contribution in [0.5, 0.6) is 5.75 Å². The lowest BCUT2D eigenvalue weighted by atomic mass is 9.88. The third-order valence-corrected chi connectivity index (χ3v) is 7.42. The van der Waals surface area contributed by atoms with Gasteiger partial charge in [-0.25, -0.2) is 13.2 Å². The minimum Gasteiger partial charge on any atom is -0.490 e. The molecular formula is C23H29N3O6S. The molecule has 0 saturated carbocycles. The highest BCUT2D eigenvalue weighted by Crippen LogP contribution is 2.44. The van der Waals surface area contributed by atoms with Crippen molar-refractivity contribution in [3.63, 3.8) is 0 Å². The second kappa shape index (κ2) is 9.98. The summed E-state index contributed by atoms with van der Waals surface area (Å²) in [6, 6.07) is 9.81. The molecule has 9 nitrogen and oxygen atoms in total. The lowest BCUT2D eigenvalue weighted by Crippen LogP contribution is -2.29. The van der Waals surface area contributed by atoms with Gasteiger partial charge >= 0.3 is 5.97 Å². The standard InChI is InChI=1S/C23H29N3O6S/c1-24-11-4-5-12-25-17-6-2-3-7-20(17)33(29,30)26-18-9-8-16-15-10-13-31-19(15)14-32-22(16)21(18)23(27)28/h2-3,6-9,15,19,24-26H,4-5,10-14H2,1H3,(H,27,28)/t15-,19+/m0/s1. The van der Waals surface area contributed by atoms with Crippen molar-refractivity contribution in [3.05, 3.63) is 47.5 Å². The van der Waals surface area contributed by atoms with Crippen molar-refractivity contribution in [1.29, 1.82) is 0 Å². The van der Waals surface area contributed by atoms with Crippen molar-refractivity contribution in [2.75, 3.05) is 43.4 Å². The summed E-state index contributed by atoms with van der Waals surface area (Å²) in [6.07, 6.45) is 2.51. The summed E-state index contributed by atoms with van der Waals surface area (Å²) >= 11 is 0. The molecule has 178 valence electrons. The smallest absolute Gasteiger partial charge is 0.341 e. The molecule has 1 saturated heterocycles. The maximum Gasteiger partial charge on any atom is 0.341 e. The van der Waals surface area contributed by atoms with E-state index in [1.54, 1.807) is 24.3 Å². The zero-order valence-corrected chi connectivity index (χ0v) is 19.3. The zero-order valence-electron chi connectivity index (χ0n) is 18.5. The molecule has 4 rings (SSSR count). The van der Waals surface area contributed by atoms with Crippen LogP contribution in [0.4, 0.5) is 11.4 Å². The van der Waals surface area contributed by atoms with Gasteiger partial charge in [-0.2, -0.15) is 0 Å². The number of ether oxygens (including phenoxy) is 2. The number of aromatic carboxylic acids is 1. The second-order valence-corrected chi connectivity index (χ2v) is 9.82. The first-order valence-corrected chi connectivity index (χ1v) is 12.6. The molecule has 2 aromatic carbocycles. The quantitative estimate of drug-likeness (QED) is 0.387. The molecule has 1 fully saturated rings. The van der Waals surface area contributed by atoms with Crippen LogP contribution in [0.2, 0.25) is 0 Å². The van der Waals surface area contributed by atoms with Gasteiger partial charge in [0.05, 0.1) is 17.5 Å².